The topological polar surface area (TPSA) is 114 Å². The summed E-state index contributed by atoms with van der Waals surface area (Å²) in [5.74, 6) is -1.87. The largest absolute Gasteiger partial charge is 0.467 e. The molecule has 38 heavy (non-hydrogen) atoms. The maximum absolute atomic E-state index is 13.7. The average Bonchev–Trinajstić information content (AvgIpc) is 2.89. The Morgan fingerprint density at radius 1 is 0.763 bits per heavy atom. The molecule has 0 unspecified atom stereocenters. The first-order valence-corrected chi connectivity index (χ1v) is 14.4. The number of esters is 1. The summed E-state index contributed by atoms with van der Waals surface area (Å²) in [5.41, 5.74) is 0. The van der Waals surface area contributed by atoms with E-state index in [1.807, 2.05) is 88.4 Å². The maximum Gasteiger partial charge on any atom is 0.328 e. The molecule has 0 bridgehead atoms. The average molecular weight is 542 g/mol. The van der Waals surface area contributed by atoms with Gasteiger partial charge in [-0.2, -0.15) is 0 Å². The van der Waals surface area contributed by atoms with Crippen molar-refractivity contribution in [2.45, 2.75) is 59.2 Å². The van der Waals surface area contributed by atoms with Crippen molar-refractivity contribution in [2.75, 3.05) is 13.3 Å². The van der Waals surface area contributed by atoms with Crippen LogP contribution in [0.2, 0.25) is 0 Å². The molecule has 8 nitrogen and oxygen atoms in total. The maximum atomic E-state index is 13.7. The van der Waals surface area contributed by atoms with E-state index in [0.29, 0.717) is 12.6 Å². The molecule has 3 atom stereocenters. The summed E-state index contributed by atoms with van der Waals surface area (Å²) in [4.78, 5) is 51.3. The van der Waals surface area contributed by atoms with Gasteiger partial charge < -0.3 is 20.7 Å². The van der Waals surface area contributed by atoms with Gasteiger partial charge >= 0.3 is 5.97 Å². The lowest BCUT2D eigenvalue weighted by molar-refractivity contribution is -0.145. The highest BCUT2D eigenvalue weighted by atomic mass is 31.1. The van der Waals surface area contributed by atoms with Crippen LogP contribution in [0.25, 0.3) is 0 Å². The third-order valence-electron chi connectivity index (χ3n) is 5.95. The normalized spacial score (nSPS) is 13.5. The summed E-state index contributed by atoms with van der Waals surface area (Å²) in [6.45, 7) is 8.90. The smallest absolute Gasteiger partial charge is 0.328 e. The van der Waals surface area contributed by atoms with Gasteiger partial charge in [-0.1, -0.05) is 88.4 Å². The Morgan fingerprint density at radius 2 is 1.26 bits per heavy atom. The molecule has 0 aliphatic heterocycles. The standard InChI is InChI=1S/C29H40N3O5P/c1-19(2)17-24(29(36)37-6)31-27(34)25(32-28(35)26(20(3)4)30-21(5)33)18-38(22-13-9-7-10-14-22)23-15-11-8-12-16-23/h7-16,19-20,24-26H,17-18H2,1-6H3,(H,30,33)(H,31,34)(H,32,35)/t24-,25-,26-/m0/s1. The van der Waals surface area contributed by atoms with E-state index in [2.05, 4.69) is 16.0 Å². The number of methoxy groups -OCH3 is 1. The molecule has 0 spiro atoms. The Kier molecular flexibility index (Phi) is 12.4. The third-order valence-corrected chi connectivity index (χ3v) is 8.52. The molecule has 3 N–H and O–H groups in total. The number of carbonyl (C=O) groups is 4. The first-order chi connectivity index (χ1) is 18.0. The molecule has 0 saturated carbocycles. The molecular weight excluding hydrogens is 501 g/mol. The van der Waals surface area contributed by atoms with Crippen LogP contribution in [0.1, 0.15) is 41.0 Å². The molecule has 0 heterocycles. The lowest BCUT2D eigenvalue weighted by atomic mass is 10.0. The van der Waals surface area contributed by atoms with Crippen molar-refractivity contribution in [3.63, 3.8) is 0 Å². The third kappa shape index (κ3) is 9.56. The molecule has 0 saturated heterocycles. The minimum atomic E-state index is -1.04. The molecule has 0 aliphatic carbocycles. The van der Waals surface area contributed by atoms with Crippen LogP contribution in [-0.2, 0) is 23.9 Å². The van der Waals surface area contributed by atoms with E-state index in [1.54, 1.807) is 0 Å². The second-order valence-electron chi connectivity index (χ2n) is 9.98. The monoisotopic (exact) mass is 541 g/mol. The number of benzene rings is 2. The fourth-order valence-electron chi connectivity index (χ4n) is 4.07. The van der Waals surface area contributed by atoms with Gasteiger partial charge in [0.15, 0.2) is 0 Å². The highest BCUT2D eigenvalue weighted by molar-refractivity contribution is 7.73. The zero-order valence-electron chi connectivity index (χ0n) is 23.1. The Morgan fingerprint density at radius 3 is 1.68 bits per heavy atom. The van der Waals surface area contributed by atoms with E-state index in [1.165, 1.54) is 14.0 Å². The van der Waals surface area contributed by atoms with Crippen molar-refractivity contribution < 1.29 is 23.9 Å². The first kappa shape index (κ1) is 31.0. The van der Waals surface area contributed by atoms with Crippen LogP contribution >= 0.6 is 7.92 Å². The number of hydrogen-bond acceptors (Lipinski definition) is 5. The van der Waals surface area contributed by atoms with E-state index in [4.69, 9.17) is 4.74 Å². The minimum absolute atomic E-state index is 0.128. The van der Waals surface area contributed by atoms with Gasteiger partial charge in [0.2, 0.25) is 17.7 Å². The van der Waals surface area contributed by atoms with Gasteiger partial charge in [-0.05, 0) is 36.8 Å². The van der Waals surface area contributed by atoms with Crippen LogP contribution in [0.4, 0.5) is 0 Å². The van der Waals surface area contributed by atoms with Crippen LogP contribution < -0.4 is 26.6 Å². The number of ether oxygens (including phenoxy) is 1. The van der Waals surface area contributed by atoms with E-state index in [0.717, 1.165) is 10.6 Å². The molecule has 0 aromatic heterocycles. The quantitative estimate of drug-likeness (QED) is 0.266. The number of hydrogen-bond donors (Lipinski definition) is 3. The zero-order chi connectivity index (χ0) is 28.2. The van der Waals surface area contributed by atoms with Crippen LogP contribution in [0.3, 0.4) is 0 Å². The summed E-state index contributed by atoms with van der Waals surface area (Å²) >= 11 is 0. The molecular formula is C29H40N3O5P. The molecule has 0 fully saturated rings. The molecule has 206 valence electrons. The van der Waals surface area contributed by atoms with Crippen molar-refractivity contribution in [3.8, 4) is 0 Å². The van der Waals surface area contributed by atoms with Gasteiger partial charge in [0.1, 0.15) is 18.1 Å². The summed E-state index contributed by atoms with van der Waals surface area (Å²) in [6, 6.07) is 17.1. The van der Waals surface area contributed by atoms with E-state index < -0.39 is 43.8 Å². The Bertz CT molecular complexity index is 1020. The molecule has 0 radical (unpaired) electrons. The van der Waals surface area contributed by atoms with Crippen molar-refractivity contribution >= 4 is 42.2 Å². The Labute approximate surface area is 227 Å². The Balaban J connectivity index is 2.45. The van der Waals surface area contributed by atoms with Gasteiger partial charge in [-0.25, -0.2) is 4.79 Å². The number of nitrogens with one attached hydrogen (secondary N) is 3. The van der Waals surface area contributed by atoms with E-state index in [-0.39, 0.29) is 17.7 Å². The van der Waals surface area contributed by atoms with Gasteiger partial charge in [0, 0.05) is 13.1 Å². The van der Waals surface area contributed by atoms with Gasteiger partial charge in [-0.3, -0.25) is 14.4 Å². The molecule has 2 rings (SSSR count). The lowest BCUT2D eigenvalue weighted by Gasteiger charge is -2.29. The summed E-state index contributed by atoms with van der Waals surface area (Å²) in [5, 5.41) is 10.5. The highest BCUT2D eigenvalue weighted by Crippen LogP contribution is 2.34. The zero-order valence-corrected chi connectivity index (χ0v) is 24.0. The van der Waals surface area contributed by atoms with Crippen molar-refractivity contribution in [1.29, 1.82) is 0 Å². The van der Waals surface area contributed by atoms with Crippen molar-refractivity contribution in [3.05, 3.63) is 60.7 Å². The number of carbonyl (C=O) groups excluding carboxylic acids is 4. The highest BCUT2D eigenvalue weighted by Gasteiger charge is 2.33. The summed E-state index contributed by atoms with van der Waals surface area (Å²) < 4.78 is 4.92. The number of rotatable bonds is 13. The second-order valence-corrected chi connectivity index (χ2v) is 12.2. The Hall–Kier alpha value is -3.25. The molecule has 9 heteroatoms. The molecule has 0 aliphatic rings. The van der Waals surface area contributed by atoms with Gasteiger partial charge in [-0.15, -0.1) is 0 Å². The van der Waals surface area contributed by atoms with Crippen molar-refractivity contribution in [2.24, 2.45) is 11.8 Å². The number of amides is 3. The van der Waals surface area contributed by atoms with Crippen LogP contribution in [-0.4, -0.2) is 55.1 Å². The summed E-state index contributed by atoms with van der Waals surface area (Å²) in [7, 11) is 0.239. The fraction of sp³-hybridized carbons (Fsp3) is 0.448. The van der Waals surface area contributed by atoms with Crippen LogP contribution in [0.5, 0.6) is 0 Å². The van der Waals surface area contributed by atoms with E-state index in [9.17, 15) is 19.2 Å². The molecule has 2 aromatic rings. The van der Waals surface area contributed by atoms with Crippen LogP contribution in [0.15, 0.2) is 60.7 Å². The predicted molar refractivity (Wildman–Crippen MR) is 152 cm³/mol. The minimum Gasteiger partial charge on any atom is -0.467 e. The fourth-order valence-corrected chi connectivity index (χ4v) is 6.47. The van der Waals surface area contributed by atoms with Gasteiger partial charge in [0.05, 0.1) is 7.11 Å². The summed E-state index contributed by atoms with van der Waals surface area (Å²) in [6.07, 6.45) is 0.702. The van der Waals surface area contributed by atoms with Crippen LogP contribution in [0, 0.1) is 11.8 Å². The predicted octanol–water partition coefficient (Wildman–Crippen LogP) is 2.47. The van der Waals surface area contributed by atoms with Crippen molar-refractivity contribution in [1.82, 2.24) is 16.0 Å². The SMILES string of the molecule is COC(=O)[C@H](CC(C)C)NC(=O)[C@H](CP(c1ccccc1)c1ccccc1)NC(=O)[C@@H](NC(C)=O)C(C)C. The first-order valence-electron chi connectivity index (χ1n) is 12.9. The second kappa shape index (κ2) is 15.2. The van der Waals surface area contributed by atoms with Gasteiger partial charge in [0.25, 0.3) is 0 Å². The lowest BCUT2D eigenvalue weighted by Crippen LogP contribution is -2.58. The molecule has 2 aromatic carbocycles. The molecule has 3 amide bonds. The van der Waals surface area contributed by atoms with E-state index >= 15 is 0 Å².